The van der Waals surface area contributed by atoms with Crippen molar-refractivity contribution in [1.29, 1.82) is 0 Å². The van der Waals surface area contributed by atoms with Crippen molar-refractivity contribution in [3.63, 3.8) is 0 Å². The van der Waals surface area contributed by atoms with Crippen molar-refractivity contribution < 1.29 is 9.90 Å². The smallest absolute Gasteiger partial charge is 0.322 e. The third-order valence-corrected chi connectivity index (χ3v) is 6.65. The molecular formula is C24H27Cl2N3O2S. The van der Waals surface area contributed by atoms with E-state index in [4.69, 9.17) is 28.2 Å². The minimum Gasteiger partial charge on any atom is -0.480 e. The Kier molecular flexibility index (Phi) is 8.54. The third kappa shape index (κ3) is 6.69. The maximum atomic E-state index is 11.8. The molecule has 1 unspecified atom stereocenters. The Hall–Kier alpha value is -2.12. The summed E-state index contributed by atoms with van der Waals surface area (Å²) in [6, 6.07) is 12.7. The maximum absolute atomic E-state index is 11.8. The standard InChI is InChI=1S/C24H27Cl2N3O2S/c1-14(2)9-21-22(17-7-8-18(25)19(26)11-17)29-24(32-21)28-13-20(23(30)31)27-12-16-6-4-5-15(3)10-16/h4-8,10-11,14,20,27H,9,12-13H2,1-3H3,(H,28,29)(H,30,31). The van der Waals surface area contributed by atoms with E-state index in [9.17, 15) is 9.90 Å². The first-order valence-corrected chi connectivity index (χ1v) is 12.0. The van der Waals surface area contributed by atoms with E-state index in [2.05, 4.69) is 24.5 Å². The second-order valence-corrected chi connectivity index (χ2v) is 10.1. The molecule has 0 aliphatic heterocycles. The van der Waals surface area contributed by atoms with Crippen molar-refractivity contribution in [3.8, 4) is 11.3 Å². The van der Waals surface area contributed by atoms with Gasteiger partial charge in [-0.25, -0.2) is 4.98 Å². The lowest BCUT2D eigenvalue weighted by Gasteiger charge is -2.15. The van der Waals surface area contributed by atoms with Gasteiger partial charge in [0.2, 0.25) is 0 Å². The molecule has 8 heteroatoms. The molecule has 3 aromatic rings. The molecule has 0 saturated heterocycles. The first-order chi connectivity index (χ1) is 15.2. The second-order valence-electron chi connectivity index (χ2n) is 8.16. The number of rotatable bonds is 10. The van der Waals surface area contributed by atoms with Crippen LogP contribution in [0.25, 0.3) is 11.3 Å². The molecule has 1 heterocycles. The molecule has 0 aliphatic carbocycles. The predicted molar refractivity (Wildman–Crippen MR) is 134 cm³/mol. The molecule has 3 rings (SSSR count). The summed E-state index contributed by atoms with van der Waals surface area (Å²) in [6.45, 7) is 7.02. The number of nitrogens with zero attached hydrogens (tertiary/aromatic N) is 1. The van der Waals surface area contributed by atoms with Crippen LogP contribution in [0.2, 0.25) is 10.0 Å². The van der Waals surface area contributed by atoms with Crippen molar-refractivity contribution >= 4 is 45.6 Å². The van der Waals surface area contributed by atoms with E-state index in [1.807, 2.05) is 43.3 Å². The lowest BCUT2D eigenvalue weighted by atomic mass is 10.0. The van der Waals surface area contributed by atoms with Gasteiger partial charge in [0.25, 0.3) is 0 Å². The van der Waals surface area contributed by atoms with Gasteiger partial charge in [-0.05, 0) is 37.0 Å². The number of halogens is 2. The molecule has 32 heavy (non-hydrogen) atoms. The lowest BCUT2D eigenvalue weighted by molar-refractivity contribution is -0.139. The summed E-state index contributed by atoms with van der Waals surface area (Å²) in [5.41, 5.74) is 3.94. The van der Waals surface area contributed by atoms with Crippen LogP contribution in [0.5, 0.6) is 0 Å². The normalized spacial score (nSPS) is 12.2. The fourth-order valence-corrected chi connectivity index (χ4v) is 4.81. The monoisotopic (exact) mass is 491 g/mol. The van der Waals surface area contributed by atoms with E-state index in [1.165, 1.54) is 0 Å². The number of aliphatic carboxylic acids is 1. The number of hydrogen-bond donors (Lipinski definition) is 3. The number of anilines is 1. The number of carboxylic acids is 1. The van der Waals surface area contributed by atoms with Crippen molar-refractivity contribution in [1.82, 2.24) is 10.3 Å². The Morgan fingerprint density at radius 1 is 1.16 bits per heavy atom. The number of aryl methyl sites for hydroxylation is 1. The molecule has 0 fully saturated rings. The number of aromatic nitrogens is 1. The summed E-state index contributed by atoms with van der Waals surface area (Å²) in [4.78, 5) is 17.6. The van der Waals surface area contributed by atoms with Gasteiger partial charge in [-0.15, -0.1) is 11.3 Å². The Bertz CT molecular complexity index is 1080. The van der Waals surface area contributed by atoms with E-state index in [0.29, 0.717) is 27.6 Å². The molecule has 0 amide bonds. The van der Waals surface area contributed by atoms with E-state index in [0.717, 1.165) is 33.7 Å². The van der Waals surface area contributed by atoms with Gasteiger partial charge < -0.3 is 10.4 Å². The van der Waals surface area contributed by atoms with Crippen LogP contribution in [0.3, 0.4) is 0 Å². The average molecular weight is 492 g/mol. The summed E-state index contributed by atoms with van der Waals surface area (Å²) in [5.74, 6) is -0.457. The number of benzene rings is 2. The summed E-state index contributed by atoms with van der Waals surface area (Å²) in [5, 5.41) is 17.6. The minimum absolute atomic E-state index is 0.219. The van der Waals surface area contributed by atoms with Gasteiger partial charge in [-0.3, -0.25) is 10.1 Å². The molecule has 0 radical (unpaired) electrons. The Labute approximate surface area is 202 Å². The van der Waals surface area contributed by atoms with Crippen molar-refractivity contribution in [3.05, 3.63) is 68.5 Å². The Morgan fingerprint density at radius 3 is 2.59 bits per heavy atom. The zero-order valence-electron chi connectivity index (χ0n) is 18.3. The van der Waals surface area contributed by atoms with Crippen LogP contribution in [0.4, 0.5) is 5.13 Å². The van der Waals surface area contributed by atoms with Gasteiger partial charge in [-0.1, -0.05) is 72.9 Å². The van der Waals surface area contributed by atoms with Crippen LogP contribution in [0.1, 0.15) is 29.9 Å². The van der Waals surface area contributed by atoms with Crippen LogP contribution < -0.4 is 10.6 Å². The summed E-state index contributed by atoms with van der Waals surface area (Å²) >= 11 is 13.8. The Balaban J connectivity index is 1.74. The summed E-state index contributed by atoms with van der Waals surface area (Å²) in [6.07, 6.45) is 0.864. The van der Waals surface area contributed by atoms with E-state index >= 15 is 0 Å². The maximum Gasteiger partial charge on any atom is 0.322 e. The van der Waals surface area contributed by atoms with Crippen LogP contribution >= 0.6 is 34.5 Å². The van der Waals surface area contributed by atoms with Gasteiger partial charge in [0.1, 0.15) is 6.04 Å². The van der Waals surface area contributed by atoms with Gasteiger partial charge in [-0.2, -0.15) is 0 Å². The molecule has 1 aromatic heterocycles. The number of hydrogen-bond acceptors (Lipinski definition) is 5. The minimum atomic E-state index is -0.909. The highest BCUT2D eigenvalue weighted by Gasteiger charge is 2.19. The summed E-state index contributed by atoms with van der Waals surface area (Å²) < 4.78 is 0. The summed E-state index contributed by atoms with van der Waals surface area (Å²) in [7, 11) is 0. The fraction of sp³-hybridized carbons (Fsp3) is 0.333. The molecule has 1 atom stereocenters. The van der Waals surface area contributed by atoms with Crippen LogP contribution in [-0.4, -0.2) is 28.6 Å². The second kappa shape index (κ2) is 11.1. The number of carbonyl (C=O) groups is 1. The van der Waals surface area contributed by atoms with Gasteiger partial charge in [0.05, 0.1) is 15.7 Å². The molecule has 0 bridgehead atoms. The zero-order chi connectivity index (χ0) is 23.3. The Morgan fingerprint density at radius 2 is 1.94 bits per heavy atom. The fourth-order valence-electron chi connectivity index (χ4n) is 3.30. The highest BCUT2D eigenvalue weighted by Crippen LogP contribution is 2.35. The number of carboxylic acid groups (broad SMARTS) is 1. The molecule has 5 nitrogen and oxygen atoms in total. The van der Waals surface area contributed by atoms with Gasteiger partial charge in [0.15, 0.2) is 5.13 Å². The first-order valence-electron chi connectivity index (χ1n) is 10.4. The lowest BCUT2D eigenvalue weighted by Crippen LogP contribution is -2.41. The molecule has 170 valence electrons. The molecule has 0 saturated carbocycles. The number of thiazole rings is 1. The SMILES string of the molecule is Cc1cccc(CNC(CNc2nc(-c3ccc(Cl)c(Cl)c3)c(CC(C)C)s2)C(=O)O)c1. The third-order valence-electron chi connectivity index (χ3n) is 4.87. The van der Waals surface area contributed by atoms with E-state index < -0.39 is 12.0 Å². The highest BCUT2D eigenvalue weighted by molar-refractivity contribution is 7.16. The van der Waals surface area contributed by atoms with Gasteiger partial charge >= 0.3 is 5.97 Å². The zero-order valence-corrected chi connectivity index (χ0v) is 20.6. The molecule has 0 aliphatic rings. The van der Waals surface area contributed by atoms with Crippen LogP contribution in [0.15, 0.2) is 42.5 Å². The number of nitrogens with one attached hydrogen (secondary N) is 2. The largest absolute Gasteiger partial charge is 0.480 e. The predicted octanol–water partition coefficient (Wildman–Crippen LogP) is 6.28. The van der Waals surface area contributed by atoms with Crippen LogP contribution in [-0.2, 0) is 17.8 Å². The van der Waals surface area contributed by atoms with Crippen molar-refractivity contribution in [2.24, 2.45) is 5.92 Å². The molecular weight excluding hydrogens is 465 g/mol. The van der Waals surface area contributed by atoms with E-state index in [-0.39, 0.29) is 6.54 Å². The van der Waals surface area contributed by atoms with Crippen LogP contribution in [0, 0.1) is 12.8 Å². The molecule has 0 spiro atoms. The highest BCUT2D eigenvalue weighted by atomic mass is 35.5. The molecule has 3 N–H and O–H groups in total. The quantitative estimate of drug-likeness (QED) is 0.311. The first kappa shape index (κ1) is 24.5. The van der Waals surface area contributed by atoms with E-state index in [1.54, 1.807) is 17.4 Å². The van der Waals surface area contributed by atoms with Gasteiger partial charge in [0, 0.05) is 23.5 Å². The molecule has 2 aromatic carbocycles. The van der Waals surface area contributed by atoms with Crippen molar-refractivity contribution in [2.45, 2.75) is 39.8 Å². The van der Waals surface area contributed by atoms with Crippen molar-refractivity contribution in [2.75, 3.05) is 11.9 Å². The topological polar surface area (TPSA) is 74.2 Å². The average Bonchev–Trinajstić information content (AvgIpc) is 3.11.